The molecule has 1 aromatic heterocycles. The van der Waals surface area contributed by atoms with Crippen LogP contribution in [0.5, 0.6) is 0 Å². The number of hydrogen-bond donors (Lipinski definition) is 2. The van der Waals surface area contributed by atoms with Gasteiger partial charge in [-0.3, -0.25) is 4.79 Å². The summed E-state index contributed by atoms with van der Waals surface area (Å²) in [6, 6.07) is 2.32. The average Bonchev–Trinajstić information content (AvgIpc) is 3.29. The number of aromatic nitrogens is 2. The summed E-state index contributed by atoms with van der Waals surface area (Å²) in [5.41, 5.74) is 0.0912. The zero-order valence-electron chi connectivity index (χ0n) is 23.4. The third kappa shape index (κ3) is 6.39. The second kappa shape index (κ2) is 10.2. The molecule has 0 saturated heterocycles. The first-order valence-corrected chi connectivity index (χ1v) is 13.1. The van der Waals surface area contributed by atoms with Crippen LogP contribution in [0.15, 0.2) is 18.2 Å². The molecule has 4 rings (SSSR count). The Morgan fingerprint density at radius 1 is 1.15 bits per heavy atom. The maximum Gasteiger partial charge on any atom is 0.408 e. The molecule has 0 aliphatic heterocycles. The Morgan fingerprint density at radius 3 is 2.46 bits per heavy atom. The molecule has 11 heteroatoms. The quantitative estimate of drug-likeness (QED) is 0.475. The van der Waals surface area contributed by atoms with Gasteiger partial charge in [0, 0.05) is 17.5 Å². The summed E-state index contributed by atoms with van der Waals surface area (Å²) in [5, 5.41) is 9.84. The van der Waals surface area contributed by atoms with Crippen LogP contribution in [0, 0.1) is 23.5 Å². The molecule has 39 heavy (non-hydrogen) atoms. The molecule has 0 radical (unpaired) electrons. The minimum Gasteiger partial charge on any atom is -0.462 e. The number of carbonyl (C=O) groups excluding carboxylic acids is 3. The summed E-state index contributed by atoms with van der Waals surface area (Å²) in [5.74, 6) is -2.29. The number of hydrogen-bond acceptors (Lipinski definition) is 6. The van der Waals surface area contributed by atoms with Crippen LogP contribution in [0.3, 0.4) is 0 Å². The van der Waals surface area contributed by atoms with Gasteiger partial charge in [-0.05, 0) is 71.4 Å². The van der Waals surface area contributed by atoms with Crippen LogP contribution in [0.2, 0.25) is 0 Å². The Kier molecular flexibility index (Phi) is 7.48. The van der Waals surface area contributed by atoms with Crippen molar-refractivity contribution in [2.45, 2.75) is 84.4 Å². The highest BCUT2D eigenvalue weighted by Crippen LogP contribution is 2.57. The van der Waals surface area contributed by atoms with Crippen molar-refractivity contribution in [3.05, 3.63) is 46.8 Å². The van der Waals surface area contributed by atoms with E-state index >= 15 is 0 Å². The van der Waals surface area contributed by atoms with Gasteiger partial charge in [-0.15, -0.1) is 0 Å². The van der Waals surface area contributed by atoms with E-state index in [4.69, 9.17) is 9.47 Å². The first-order chi connectivity index (χ1) is 18.1. The molecule has 0 bridgehead atoms. The fraction of sp³-hybridized carbons (Fsp3) is 0.571. The van der Waals surface area contributed by atoms with Crippen LogP contribution in [-0.4, -0.2) is 51.5 Å². The Hall–Kier alpha value is -3.50. The zero-order valence-corrected chi connectivity index (χ0v) is 23.4. The van der Waals surface area contributed by atoms with Crippen LogP contribution in [0.4, 0.5) is 13.6 Å². The lowest BCUT2D eigenvalue weighted by atomic mass is 10.0. The van der Waals surface area contributed by atoms with Gasteiger partial charge in [0.05, 0.1) is 11.2 Å². The molecule has 1 heterocycles. The number of rotatable bonds is 8. The largest absolute Gasteiger partial charge is 0.462 e. The number of benzene rings is 1. The van der Waals surface area contributed by atoms with E-state index in [9.17, 15) is 23.2 Å². The maximum atomic E-state index is 14.6. The Morgan fingerprint density at radius 2 is 1.85 bits per heavy atom. The van der Waals surface area contributed by atoms with Gasteiger partial charge in [0.1, 0.15) is 29.8 Å². The molecule has 1 fully saturated rings. The highest BCUT2D eigenvalue weighted by atomic mass is 19.1. The van der Waals surface area contributed by atoms with Crippen LogP contribution in [0.25, 0.3) is 5.69 Å². The molecule has 2 aromatic rings. The van der Waals surface area contributed by atoms with E-state index in [0.717, 1.165) is 29.8 Å². The Labute approximate surface area is 226 Å². The number of ether oxygens (including phenoxy) is 2. The highest BCUT2D eigenvalue weighted by molar-refractivity contribution is 5.95. The average molecular weight is 547 g/mol. The third-order valence-corrected chi connectivity index (χ3v) is 6.74. The fourth-order valence-corrected chi connectivity index (χ4v) is 4.81. The Balaban J connectivity index is 1.45. The number of esters is 1. The summed E-state index contributed by atoms with van der Waals surface area (Å²) in [4.78, 5) is 38.3. The molecule has 1 unspecified atom stereocenters. The number of amides is 2. The van der Waals surface area contributed by atoms with Crippen molar-refractivity contribution in [2.75, 3.05) is 6.61 Å². The summed E-state index contributed by atoms with van der Waals surface area (Å²) in [6.45, 7) is 11.9. The van der Waals surface area contributed by atoms with Gasteiger partial charge in [-0.1, -0.05) is 13.8 Å². The summed E-state index contributed by atoms with van der Waals surface area (Å²) in [6.07, 6.45) is 0.872. The lowest BCUT2D eigenvalue weighted by Crippen LogP contribution is -2.51. The SMILES string of the molecule is CC(C)C(NC(=O)OC(C)(C)C)C(=O)OCC(C)(C)NC(=O)c1nn(-c2ccc(F)cc2F)c2c1C[C@H]1C[C@@H]21. The van der Waals surface area contributed by atoms with Crippen molar-refractivity contribution < 1.29 is 32.6 Å². The van der Waals surface area contributed by atoms with Crippen molar-refractivity contribution in [3.8, 4) is 5.69 Å². The number of fused-ring (bicyclic) bond motifs is 3. The summed E-state index contributed by atoms with van der Waals surface area (Å²) < 4.78 is 40.2. The van der Waals surface area contributed by atoms with E-state index in [1.165, 1.54) is 10.7 Å². The van der Waals surface area contributed by atoms with Gasteiger partial charge in [0.25, 0.3) is 5.91 Å². The van der Waals surface area contributed by atoms with E-state index in [2.05, 4.69) is 15.7 Å². The van der Waals surface area contributed by atoms with E-state index in [1.807, 2.05) is 0 Å². The summed E-state index contributed by atoms with van der Waals surface area (Å²) >= 11 is 0. The molecule has 2 amide bonds. The van der Waals surface area contributed by atoms with Crippen LogP contribution >= 0.6 is 0 Å². The summed E-state index contributed by atoms with van der Waals surface area (Å²) in [7, 11) is 0. The van der Waals surface area contributed by atoms with Gasteiger partial charge in [0.2, 0.25) is 0 Å². The van der Waals surface area contributed by atoms with Gasteiger partial charge < -0.3 is 20.1 Å². The van der Waals surface area contributed by atoms with Crippen LogP contribution in [0.1, 0.15) is 82.6 Å². The van der Waals surface area contributed by atoms with Crippen molar-refractivity contribution in [3.63, 3.8) is 0 Å². The van der Waals surface area contributed by atoms with Crippen molar-refractivity contribution in [1.82, 2.24) is 20.4 Å². The van der Waals surface area contributed by atoms with Crippen molar-refractivity contribution in [1.29, 1.82) is 0 Å². The van der Waals surface area contributed by atoms with Gasteiger partial charge >= 0.3 is 12.1 Å². The number of halogens is 2. The number of alkyl carbamates (subject to hydrolysis) is 1. The Bertz CT molecular complexity index is 1300. The molecule has 1 saturated carbocycles. The number of nitrogens with zero attached hydrogens (tertiary/aromatic N) is 2. The minimum absolute atomic E-state index is 0.0876. The molecule has 212 valence electrons. The van der Waals surface area contributed by atoms with Crippen molar-refractivity contribution >= 4 is 18.0 Å². The standard InChI is InChI=1S/C28H36F2N4O5/c1-14(2)21(31-26(37)39-27(3,4)5)25(36)38-13-28(6,7)32-24(35)22-18-11-15-10-17(15)23(18)34(33-22)20-9-8-16(29)12-19(20)30/h8-9,12,14-15,17,21H,10-11,13H2,1-7H3,(H,31,37)(H,32,35)/t15-,17-,21?/m1/s1. The molecule has 2 aliphatic rings. The lowest BCUT2D eigenvalue weighted by Gasteiger charge is -2.28. The first-order valence-electron chi connectivity index (χ1n) is 13.1. The third-order valence-electron chi connectivity index (χ3n) is 6.74. The topological polar surface area (TPSA) is 112 Å². The molecule has 1 aromatic carbocycles. The maximum absolute atomic E-state index is 14.6. The second-order valence-corrected chi connectivity index (χ2v) is 12.3. The molecular formula is C28H36F2N4O5. The van der Waals surface area contributed by atoms with E-state index in [0.29, 0.717) is 12.3 Å². The molecule has 2 aliphatic carbocycles. The van der Waals surface area contributed by atoms with Crippen molar-refractivity contribution in [2.24, 2.45) is 11.8 Å². The molecule has 3 atom stereocenters. The lowest BCUT2D eigenvalue weighted by molar-refractivity contribution is -0.149. The first kappa shape index (κ1) is 28.5. The van der Waals surface area contributed by atoms with Crippen LogP contribution in [-0.2, 0) is 20.7 Å². The molecule has 9 nitrogen and oxygen atoms in total. The fourth-order valence-electron chi connectivity index (χ4n) is 4.81. The smallest absolute Gasteiger partial charge is 0.408 e. The minimum atomic E-state index is -0.987. The van der Waals surface area contributed by atoms with Gasteiger partial charge in [0.15, 0.2) is 11.5 Å². The predicted molar refractivity (Wildman–Crippen MR) is 139 cm³/mol. The molecular weight excluding hydrogens is 510 g/mol. The van der Waals surface area contributed by atoms with E-state index < -0.39 is 46.8 Å². The monoisotopic (exact) mass is 546 g/mol. The second-order valence-electron chi connectivity index (χ2n) is 12.3. The van der Waals surface area contributed by atoms with Gasteiger partial charge in [-0.2, -0.15) is 5.10 Å². The highest BCUT2D eigenvalue weighted by Gasteiger charge is 2.50. The normalized spacial score (nSPS) is 18.7. The zero-order chi connectivity index (χ0) is 28.9. The van der Waals surface area contributed by atoms with Gasteiger partial charge in [-0.25, -0.2) is 23.1 Å². The number of carbonyl (C=O) groups is 3. The number of nitrogens with one attached hydrogen (secondary N) is 2. The van der Waals surface area contributed by atoms with E-state index in [-0.39, 0.29) is 29.8 Å². The van der Waals surface area contributed by atoms with E-state index in [1.54, 1.807) is 48.5 Å². The van der Waals surface area contributed by atoms with Crippen LogP contribution < -0.4 is 10.6 Å². The molecule has 2 N–H and O–H groups in total. The molecule has 0 spiro atoms. The predicted octanol–water partition coefficient (Wildman–Crippen LogP) is 4.41.